The maximum absolute atomic E-state index is 12.2. The maximum atomic E-state index is 12.2. The molecule has 35 heavy (non-hydrogen) atoms. The van der Waals surface area contributed by atoms with Crippen molar-refractivity contribution in [2.45, 2.75) is 147 Å². The van der Waals surface area contributed by atoms with Crippen molar-refractivity contribution in [1.82, 2.24) is 5.32 Å². The van der Waals surface area contributed by atoms with E-state index in [9.17, 15) is 25.2 Å². The molecule has 0 fully saturated rings. The highest BCUT2D eigenvalue weighted by Gasteiger charge is 2.28. The SMILES string of the molecule is CCCCC/C=C\C/C=C\CCCCCCCCC(O)C(=O)NC(CO)C(O)C(O)CCCCC. The first-order valence-corrected chi connectivity index (χ1v) is 14.2. The second-order valence-electron chi connectivity index (χ2n) is 9.74. The molecule has 6 heteroatoms. The third-order valence-corrected chi connectivity index (χ3v) is 6.42. The van der Waals surface area contributed by atoms with Crippen LogP contribution in [0.2, 0.25) is 0 Å². The molecule has 0 spiro atoms. The van der Waals surface area contributed by atoms with Crippen LogP contribution in [0.4, 0.5) is 0 Å². The Morgan fingerprint density at radius 2 is 1.23 bits per heavy atom. The Morgan fingerprint density at radius 3 is 1.83 bits per heavy atom. The zero-order valence-corrected chi connectivity index (χ0v) is 22.5. The van der Waals surface area contributed by atoms with Gasteiger partial charge in [0.15, 0.2) is 0 Å². The van der Waals surface area contributed by atoms with Gasteiger partial charge in [0.25, 0.3) is 0 Å². The van der Waals surface area contributed by atoms with E-state index in [1.165, 1.54) is 38.5 Å². The van der Waals surface area contributed by atoms with Crippen LogP contribution < -0.4 is 5.32 Å². The summed E-state index contributed by atoms with van der Waals surface area (Å²) < 4.78 is 0. The normalized spacial score (nSPS) is 15.5. The lowest BCUT2D eigenvalue weighted by Gasteiger charge is -2.27. The van der Waals surface area contributed by atoms with E-state index in [1.54, 1.807) is 0 Å². The minimum Gasteiger partial charge on any atom is -0.394 e. The second kappa shape index (κ2) is 24.5. The van der Waals surface area contributed by atoms with Crippen LogP contribution >= 0.6 is 0 Å². The Kier molecular flexibility index (Phi) is 23.6. The quantitative estimate of drug-likeness (QED) is 0.0914. The Morgan fingerprint density at radius 1 is 0.714 bits per heavy atom. The van der Waals surface area contributed by atoms with Gasteiger partial charge in [-0.15, -0.1) is 0 Å². The zero-order chi connectivity index (χ0) is 26.2. The van der Waals surface area contributed by atoms with E-state index in [2.05, 4.69) is 43.5 Å². The zero-order valence-electron chi connectivity index (χ0n) is 22.5. The molecule has 206 valence electrons. The fourth-order valence-corrected chi connectivity index (χ4v) is 4.02. The summed E-state index contributed by atoms with van der Waals surface area (Å²) >= 11 is 0. The minimum atomic E-state index is -1.25. The van der Waals surface area contributed by atoms with Crippen LogP contribution in [0.3, 0.4) is 0 Å². The molecule has 6 nitrogen and oxygen atoms in total. The van der Waals surface area contributed by atoms with Crippen molar-refractivity contribution in [3.63, 3.8) is 0 Å². The summed E-state index contributed by atoms with van der Waals surface area (Å²) in [4.78, 5) is 12.2. The first kappa shape index (κ1) is 33.8. The topological polar surface area (TPSA) is 110 Å². The van der Waals surface area contributed by atoms with Crippen LogP contribution in [-0.2, 0) is 4.79 Å². The summed E-state index contributed by atoms with van der Waals surface area (Å²) in [6.07, 6.45) is 22.7. The molecule has 0 radical (unpaired) electrons. The van der Waals surface area contributed by atoms with Gasteiger partial charge in [0.05, 0.1) is 18.8 Å². The molecule has 0 aliphatic heterocycles. The molecule has 0 heterocycles. The number of rotatable bonds is 24. The molecule has 0 aliphatic carbocycles. The molecule has 5 N–H and O–H groups in total. The van der Waals surface area contributed by atoms with E-state index >= 15 is 0 Å². The summed E-state index contributed by atoms with van der Waals surface area (Å²) in [5.74, 6) is -0.605. The minimum absolute atomic E-state index is 0.355. The average Bonchev–Trinajstić information content (AvgIpc) is 2.86. The highest BCUT2D eigenvalue weighted by Crippen LogP contribution is 2.12. The number of amides is 1. The average molecular weight is 498 g/mol. The van der Waals surface area contributed by atoms with E-state index in [-0.39, 0.29) is 0 Å². The Balaban J connectivity index is 3.82. The standard InChI is InChI=1S/C29H55NO5/c1-3-5-7-8-9-10-11-12-13-14-15-16-17-18-19-21-23-27(33)29(35)30-25(24-31)28(34)26(32)22-20-6-4-2/h9-10,12-13,25-28,31-34H,3-8,11,14-24H2,1-2H3,(H,30,35)/b10-9-,13-12-. The summed E-state index contributed by atoms with van der Waals surface area (Å²) in [5, 5.41) is 42.4. The number of nitrogens with one attached hydrogen (secondary N) is 1. The fourth-order valence-electron chi connectivity index (χ4n) is 4.02. The van der Waals surface area contributed by atoms with Crippen molar-refractivity contribution >= 4 is 5.91 Å². The highest BCUT2D eigenvalue weighted by molar-refractivity contribution is 5.80. The van der Waals surface area contributed by atoms with Gasteiger partial charge >= 0.3 is 0 Å². The lowest BCUT2D eigenvalue weighted by Crippen LogP contribution is -2.53. The summed E-state index contributed by atoms with van der Waals surface area (Å²) in [7, 11) is 0. The summed E-state index contributed by atoms with van der Waals surface area (Å²) in [5.41, 5.74) is 0. The largest absolute Gasteiger partial charge is 0.394 e. The van der Waals surface area contributed by atoms with E-state index in [4.69, 9.17) is 0 Å². The molecule has 4 unspecified atom stereocenters. The van der Waals surface area contributed by atoms with Crippen LogP contribution in [0.1, 0.15) is 123 Å². The number of allylic oxidation sites excluding steroid dienone is 4. The smallest absolute Gasteiger partial charge is 0.249 e. The lowest BCUT2D eigenvalue weighted by molar-refractivity contribution is -0.132. The fraction of sp³-hybridized carbons (Fsp3) is 0.828. The molecule has 0 aromatic heterocycles. The third-order valence-electron chi connectivity index (χ3n) is 6.42. The van der Waals surface area contributed by atoms with Crippen LogP contribution in [0.5, 0.6) is 0 Å². The van der Waals surface area contributed by atoms with Crippen molar-refractivity contribution in [3.05, 3.63) is 24.3 Å². The van der Waals surface area contributed by atoms with Crippen LogP contribution in [-0.4, -0.2) is 57.3 Å². The number of unbranched alkanes of at least 4 members (excludes halogenated alkanes) is 11. The Bertz CT molecular complexity index is 537. The molecule has 0 bridgehead atoms. The first-order valence-electron chi connectivity index (χ1n) is 14.2. The van der Waals surface area contributed by atoms with Gasteiger partial charge in [0.1, 0.15) is 12.2 Å². The number of aliphatic hydroxyl groups excluding tert-OH is 4. The second-order valence-corrected chi connectivity index (χ2v) is 9.74. The monoisotopic (exact) mass is 497 g/mol. The van der Waals surface area contributed by atoms with Gasteiger partial charge in [-0.05, 0) is 44.9 Å². The van der Waals surface area contributed by atoms with Gasteiger partial charge in [0.2, 0.25) is 5.91 Å². The molecule has 0 aromatic carbocycles. The Labute approximate surface area is 214 Å². The number of carbonyl (C=O) groups excluding carboxylic acids is 1. The van der Waals surface area contributed by atoms with Crippen molar-refractivity contribution in [2.24, 2.45) is 0 Å². The van der Waals surface area contributed by atoms with Gasteiger partial charge in [-0.1, -0.05) is 102 Å². The van der Waals surface area contributed by atoms with Crippen LogP contribution in [0.25, 0.3) is 0 Å². The maximum Gasteiger partial charge on any atom is 0.249 e. The molecule has 1 amide bonds. The molecular weight excluding hydrogens is 442 g/mol. The summed E-state index contributed by atoms with van der Waals surface area (Å²) in [6, 6.07) is -0.982. The van der Waals surface area contributed by atoms with Crippen molar-refractivity contribution in [3.8, 4) is 0 Å². The highest BCUT2D eigenvalue weighted by atomic mass is 16.3. The van der Waals surface area contributed by atoms with Crippen LogP contribution in [0.15, 0.2) is 24.3 Å². The molecule has 0 aromatic rings. The van der Waals surface area contributed by atoms with Gasteiger partial charge in [-0.2, -0.15) is 0 Å². The molecule has 0 saturated carbocycles. The number of hydrogen-bond acceptors (Lipinski definition) is 5. The van der Waals surface area contributed by atoms with E-state index in [0.29, 0.717) is 12.8 Å². The van der Waals surface area contributed by atoms with Gasteiger partial charge < -0.3 is 25.7 Å². The predicted octanol–water partition coefficient (Wildman–Crippen LogP) is 5.33. The van der Waals surface area contributed by atoms with E-state index < -0.39 is 36.9 Å². The lowest BCUT2D eigenvalue weighted by atomic mass is 10.00. The van der Waals surface area contributed by atoms with Crippen molar-refractivity contribution < 1.29 is 25.2 Å². The molecule has 0 aliphatic rings. The van der Waals surface area contributed by atoms with Crippen molar-refractivity contribution in [1.29, 1.82) is 0 Å². The van der Waals surface area contributed by atoms with E-state index in [0.717, 1.165) is 57.8 Å². The predicted molar refractivity (Wildman–Crippen MR) is 145 cm³/mol. The van der Waals surface area contributed by atoms with Gasteiger partial charge in [-0.25, -0.2) is 0 Å². The van der Waals surface area contributed by atoms with Crippen LogP contribution in [0, 0.1) is 0 Å². The molecule has 0 rings (SSSR count). The Hall–Kier alpha value is -1.21. The summed E-state index contributed by atoms with van der Waals surface area (Å²) in [6.45, 7) is 3.79. The third kappa shape index (κ3) is 19.6. The van der Waals surface area contributed by atoms with Gasteiger partial charge in [0, 0.05) is 0 Å². The molecular formula is C29H55NO5. The number of carbonyl (C=O) groups is 1. The van der Waals surface area contributed by atoms with Gasteiger partial charge in [-0.3, -0.25) is 4.79 Å². The first-order chi connectivity index (χ1) is 17.0. The molecule has 0 saturated heterocycles. The van der Waals surface area contributed by atoms with E-state index in [1.807, 2.05) is 0 Å². The molecule has 4 atom stereocenters. The number of aliphatic hydroxyl groups is 4. The van der Waals surface area contributed by atoms with Crippen molar-refractivity contribution in [2.75, 3.05) is 6.61 Å². The number of hydrogen-bond donors (Lipinski definition) is 5.